The zero-order valence-electron chi connectivity index (χ0n) is 9.66. The molecule has 4 N–H and O–H groups in total. The molecule has 1 aliphatic carbocycles. The third-order valence-corrected chi connectivity index (χ3v) is 3.16. The summed E-state index contributed by atoms with van der Waals surface area (Å²) in [6.45, 7) is 2.43. The van der Waals surface area contributed by atoms with E-state index in [-0.39, 0.29) is 18.2 Å². The molecule has 0 heterocycles. The highest BCUT2D eigenvalue weighted by atomic mass is 16.4. The first-order valence-electron chi connectivity index (χ1n) is 5.73. The van der Waals surface area contributed by atoms with Crippen LogP contribution in [0.2, 0.25) is 0 Å². The van der Waals surface area contributed by atoms with Crippen molar-refractivity contribution in [3.05, 3.63) is 0 Å². The van der Waals surface area contributed by atoms with E-state index in [2.05, 4.69) is 5.32 Å². The van der Waals surface area contributed by atoms with Gasteiger partial charge < -0.3 is 16.2 Å². The predicted octanol–water partition coefficient (Wildman–Crippen LogP) is 0.485. The number of nitrogens with one attached hydrogen (secondary N) is 1. The molecular weight excluding hydrogens is 208 g/mol. The van der Waals surface area contributed by atoms with Crippen LogP contribution < -0.4 is 11.1 Å². The molecule has 0 spiro atoms. The van der Waals surface area contributed by atoms with Gasteiger partial charge in [-0.3, -0.25) is 9.59 Å². The number of carbonyl (C=O) groups is 2. The number of aliphatic carboxylic acids is 1. The van der Waals surface area contributed by atoms with Gasteiger partial charge in [-0.25, -0.2) is 0 Å². The lowest BCUT2D eigenvalue weighted by Gasteiger charge is -2.36. The van der Waals surface area contributed by atoms with Crippen molar-refractivity contribution in [2.75, 3.05) is 6.54 Å². The number of carboxylic acids is 1. The van der Waals surface area contributed by atoms with Crippen molar-refractivity contribution in [2.45, 2.75) is 44.6 Å². The Morgan fingerprint density at radius 2 is 2.12 bits per heavy atom. The number of amides is 1. The molecule has 0 bridgehead atoms. The van der Waals surface area contributed by atoms with Gasteiger partial charge in [0, 0.05) is 13.0 Å². The van der Waals surface area contributed by atoms with Crippen LogP contribution in [0.25, 0.3) is 0 Å². The summed E-state index contributed by atoms with van der Waals surface area (Å²) in [7, 11) is 0. The highest BCUT2D eigenvalue weighted by Crippen LogP contribution is 2.29. The molecule has 0 aromatic heterocycles. The minimum absolute atomic E-state index is 0.0964. The quantitative estimate of drug-likeness (QED) is 0.616. The van der Waals surface area contributed by atoms with Crippen molar-refractivity contribution in [3.63, 3.8) is 0 Å². The van der Waals surface area contributed by atoms with E-state index in [1.165, 1.54) is 0 Å². The third kappa shape index (κ3) is 3.48. The van der Waals surface area contributed by atoms with Crippen molar-refractivity contribution in [2.24, 2.45) is 11.7 Å². The first-order valence-corrected chi connectivity index (χ1v) is 5.73. The van der Waals surface area contributed by atoms with E-state index in [1.807, 2.05) is 6.92 Å². The Hall–Kier alpha value is -1.10. The Labute approximate surface area is 95.4 Å². The van der Waals surface area contributed by atoms with Crippen LogP contribution in [-0.2, 0) is 9.59 Å². The van der Waals surface area contributed by atoms with E-state index in [9.17, 15) is 9.59 Å². The molecule has 92 valence electrons. The second-order valence-electron chi connectivity index (χ2n) is 4.76. The van der Waals surface area contributed by atoms with Gasteiger partial charge in [-0.2, -0.15) is 0 Å². The average molecular weight is 228 g/mol. The van der Waals surface area contributed by atoms with Gasteiger partial charge in [-0.05, 0) is 31.6 Å². The van der Waals surface area contributed by atoms with Crippen molar-refractivity contribution in [3.8, 4) is 0 Å². The predicted molar refractivity (Wildman–Crippen MR) is 59.8 cm³/mol. The summed E-state index contributed by atoms with van der Waals surface area (Å²) in [4.78, 5) is 22.0. The maximum Gasteiger partial charge on any atom is 0.303 e. The molecule has 0 aliphatic heterocycles. The van der Waals surface area contributed by atoms with Gasteiger partial charge in [0.05, 0.1) is 5.54 Å². The lowest BCUT2D eigenvalue weighted by Crippen LogP contribution is -2.58. The molecule has 0 aromatic rings. The smallest absolute Gasteiger partial charge is 0.303 e. The SMILES string of the molecule is CC(CCC(=O)O)CNC(=O)C1(N)CCC1. The van der Waals surface area contributed by atoms with Crippen LogP contribution in [0.5, 0.6) is 0 Å². The summed E-state index contributed by atoms with van der Waals surface area (Å²) < 4.78 is 0. The average Bonchev–Trinajstić information content (AvgIpc) is 2.19. The Balaban J connectivity index is 2.18. The van der Waals surface area contributed by atoms with E-state index in [0.29, 0.717) is 13.0 Å². The second-order valence-corrected chi connectivity index (χ2v) is 4.76. The highest BCUT2D eigenvalue weighted by molar-refractivity contribution is 5.86. The maximum absolute atomic E-state index is 11.6. The maximum atomic E-state index is 11.6. The van der Waals surface area contributed by atoms with Gasteiger partial charge in [-0.15, -0.1) is 0 Å². The molecule has 1 rings (SSSR count). The molecule has 1 amide bonds. The third-order valence-electron chi connectivity index (χ3n) is 3.16. The Morgan fingerprint density at radius 1 is 1.50 bits per heavy atom. The minimum atomic E-state index is -0.799. The van der Waals surface area contributed by atoms with E-state index >= 15 is 0 Å². The molecule has 1 saturated carbocycles. The van der Waals surface area contributed by atoms with Crippen LogP contribution in [0.4, 0.5) is 0 Å². The summed E-state index contributed by atoms with van der Waals surface area (Å²) in [6, 6.07) is 0. The molecular formula is C11H20N2O3. The zero-order chi connectivity index (χ0) is 12.2. The number of hydrogen-bond acceptors (Lipinski definition) is 3. The van der Waals surface area contributed by atoms with Gasteiger partial charge >= 0.3 is 5.97 Å². The summed E-state index contributed by atoms with van der Waals surface area (Å²) in [5, 5.41) is 11.3. The lowest BCUT2D eigenvalue weighted by molar-refractivity contribution is -0.137. The van der Waals surface area contributed by atoms with E-state index in [1.54, 1.807) is 0 Å². The molecule has 16 heavy (non-hydrogen) atoms. The van der Waals surface area contributed by atoms with Crippen LogP contribution in [0.3, 0.4) is 0 Å². The molecule has 5 heteroatoms. The fourth-order valence-corrected chi connectivity index (χ4v) is 1.70. The number of carbonyl (C=O) groups excluding carboxylic acids is 1. The van der Waals surface area contributed by atoms with Crippen molar-refractivity contribution in [1.29, 1.82) is 0 Å². The van der Waals surface area contributed by atoms with Crippen LogP contribution in [0.1, 0.15) is 39.0 Å². The first kappa shape index (κ1) is 13.0. The molecule has 1 atom stereocenters. The van der Waals surface area contributed by atoms with Crippen molar-refractivity contribution < 1.29 is 14.7 Å². The lowest BCUT2D eigenvalue weighted by atomic mass is 9.77. The zero-order valence-corrected chi connectivity index (χ0v) is 9.66. The molecule has 1 aliphatic rings. The second kappa shape index (κ2) is 5.30. The summed E-state index contributed by atoms with van der Waals surface area (Å²) >= 11 is 0. The topological polar surface area (TPSA) is 92.4 Å². The van der Waals surface area contributed by atoms with E-state index < -0.39 is 11.5 Å². The fourth-order valence-electron chi connectivity index (χ4n) is 1.70. The van der Waals surface area contributed by atoms with Gasteiger partial charge in [0.25, 0.3) is 0 Å². The van der Waals surface area contributed by atoms with Crippen LogP contribution >= 0.6 is 0 Å². The largest absolute Gasteiger partial charge is 0.481 e. The first-order chi connectivity index (χ1) is 7.44. The van der Waals surface area contributed by atoms with Crippen molar-refractivity contribution >= 4 is 11.9 Å². The molecule has 5 nitrogen and oxygen atoms in total. The van der Waals surface area contributed by atoms with Gasteiger partial charge in [0.2, 0.25) is 5.91 Å². The highest BCUT2D eigenvalue weighted by Gasteiger charge is 2.39. The monoisotopic (exact) mass is 228 g/mol. The van der Waals surface area contributed by atoms with Crippen LogP contribution in [0.15, 0.2) is 0 Å². The van der Waals surface area contributed by atoms with Crippen molar-refractivity contribution in [1.82, 2.24) is 5.32 Å². The number of hydrogen-bond donors (Lipinski definition) is 3. The number of rotatable bonds is 6. The van der Waals surface area contributed by atoms with Crippen LogP contribution in [-0.4, -0.2) is 29.1 Å². The number of nitrogens with two attached hydrogens (primary N) is 1. The summed E-state index contributed by atoms with van der Waals surface area (Å²) in [5.41, 5.74) is 5.19. The Kier molecular flexibility index (Phi) is 4.29. The molecule has 1 unspecified atom stereocenters. The molecule has 0 aromatic carbocycles. The van der Waals surface area contributed by atoms with Gasteiger partial charge in [0.1, 0.15) is 0 Å². The van der Waals surface area contributed by atoms with E-state index in [4.69, 9.17) is 10.8 Å². The molecule has 0 radical (unpaired) electrons. The van der Waals surface area contributed by atoms with Gasteiger partial charge in [0.15, 0.2) is 0 Å². The normalized spacial score (nSPS) is 19.6. The number of carboxylic acid groups (broad SMARTS) is 1. The van der Waals surface area contributed by atoms with Crippen LogP contribution in [0, 0.1) is 5.92 Å². The summed E-state index contributed by atoms with van der Waals surface area (Å²) in [5.74, 6) is -0.725. The molecule has 1 fully saturated rings. The molecule has 0 saturated heterocycles. The summed E-state index contributed by atoms with van der Waals surface area (Å²) in [6.07, 6.45) is 3.24. The van der Waals surface area contributed by atoms with Gasteiger partial charge in [-0.1, -0.05) is 6.92 Å². The Morgan fingerprint density at radius 3 is 2.56 bits per heavy atom. The Bertz CT molecular complexity index is 274. The van der Waals surface area contributed by atoms with E-state index in [0.717, 1.165) is 19.3 Å². The fraction of sp³-hybridized carbons (Fsp3) is 0.818. The standard InChI is InChI=1S/C11H20N2O3/c1-8(3-4-9(14)15)7-13-10(16)11(12)5-2-6-11/h8H,2-7,12H2,1H3,(H,13,16)(H,14,15). The minimum Gasteiger partial charge on any atom is -0.481 e.